The molecule has 13 heteroatoms. The van der Waals surface area contributed by atoms with Crippen LogP contribution >= 0.6 is 0 Å². The smallest absolute Gasteiger partial charge is 0.255 e. The van der Waals surface area contributed by atoms with Crippen LogP contribution in [-0.2, 0) is 27.3 Å². The van der Waals surface area contributed by atoms with Gasteiger partial charge in [-0.2, -0.15) is 0 Å². The number of nitrogens with zero attached hydrogens (tertiary/aromatic N) is 3. The molecule has 4 atom stereocenters. The summed E-state index contributed by atoms with van der Waals surface area (Å²) in [4.78, 5) is 48.1. The van der Waals surface area contributed by atoms with Crippen LogP contribution < -0.4 is 21.7 Å². The number of hydrogen-bond donors (Lipinski definition) is 7. The fraction of sp³-hybridized carbons (Fsp3) is 0.394. The zero-order valence-electron chi connectivity index (χ0n) is 26.7. The van der Waals surface area contributed by atoms with Gasteiger partial charge in [0.2, 0.25) is 5.78 Å². The highest BCUT2D eigenvalue weighted by Crippen LogP contribution is 2.63. The number of carbonyl (C=O) groups is 3. The number of phenols is 1. The highest BCUT2D eigenvalue weighted by atomic mass is 16.3. The van der Waals surface area contributed by atoms with Crippen molar-refractivity contribution < 1.29 is 34.8 Å². The second kappa shape index (κ2) is 10.9. The highest BCUT2D eigenvalue weighted by molar-refractivity contribution is 6.25. The summed E-state index contributed by atoms with van der Waals surface area (Å²) in [6.07, 6.45) is 0.0397. The van der Waals surface area contributed by atoms with Crippen LogP contribution in [0.15, 0.2) is 58.3 Å². The third-order valence-electron chi connectivity index (χ3n) is 9.63. The molecule has 1 fully saturated rings. The topological polar surface area (TPSA) is 215 Å². The van der Waals surface area contributed by atoms with Gasteiger partial charge in [-0.3, -0.25) is 19.3 Å². The number of benzene rings is 2. The van der Waals surface area contributed by atoms with E-state index in [4.69, 9.17) is 11.5 Å². The first kappa shape index (κ1) is 32.5. The van der Waals surface area contributed by atoms with E-state index < -0.39 is 62.8 Å². The minimum Gasteiger partial charge on any atom is -0.508 e. The average Bonchev–Trinajstić information content (AvgIpc) is 2.95. The van der Waals surface area contributed by atoms with Gasteiger partial charge in [0, 0.05) is 36.2 Å². The number of guanidine groups is 1. The van der Waals surface area contributed by atoms with Crippen molar-refractivity contribution in [3.8, 4) is 5.75 Å². The van der Waals surface area contributed by atoms with Gasteiger partial charge in [-0.1, -0.05) is 44.2 Å². The molecule has 0 saturated heterocycles. The summed E-state index contributed by atoms with van der Waals surface area (Å²) < 4.78 is 0. The first-order valence-electron chi connectivity index (χ1n) is 14.7. The third kappa shape index (κ3) is 4.52. The number of fused-ring (bicyclic) bond motifs is 3. The molecule has 0 aliphatic heterocycles. The Morgan fingerprint density at radius 2 is 1.70 bits per heavy atom. The second-order valence-corrected chi connectivity index (χ2v) is 13.3. The zero-order chi connectivity index (χ0) is 34.1. The van der Waals surface area contributed by atoms with Crippen LogP contribution in [0.1, 0.15) is 37.0 Å². The summed E-state index contributed by atoms with van der Waals surface area (Å²) in [5, 5.41) is 49.8. The van der Waals surface area contributed by atoms with E-state index in [1.807, 2.05) is 30.3 Å². The number of primary amides is 1. The summed E-state index contributed by atoms with van der Waals surface area (Å²) in [6, 6.07) is 9.84. The number of anilines is 2. The summed E-state index contributed by atoms with van der Waals surface area (Å²) in [7, 11) is 6.69. The Labute approximate surface area is 266 Å². The van der Waals surface area contributed by atoms with Crippen molar-refractivity contribution in [2.75, 3.05) is 38.4 Å². The molecule has 2 aromatic carbocycles. The van der Waals surface area contributed by atoms with E-state index in [-0.39, 0.29) is 42.2 Å². The number of hydrogen-bond acceptors (Lipinski definition) is 10. The van der Waals surface area contributed by atoms with E-state index in [0.717, 1.165) is 5.56 Å². The first-order chi connectivity index (χ1) is 21.4. The fourth-order valence-electron chi connectivity index (χ4n) is 7.80. The number of ketones is 2. The van der Waals surface area contributed by atoms with Crippen LogP contribution in [0.4, 0.5) is 11.4 Å². The minimum absolute atomic E-state index is 0.00828. The summed E-state index contributed by atoms with van der Waals surface area (Å²) in [5.41, 5.74) is 6.92. The highest BCUT2D eigenvalue weighted by Gasteiger charge is 2.72. The number of Topliss-reactive ketones (excluding diaryl/α,β-unsaturated/α-hetero) is 2. The van der Waals surface area contributed by atoms with E-state index in [2.05, 4.69) is 10.3 Å². The van der Waals surface area contributed by atoms with Crippen molar-refractivity contribution >= 4 is 40.6 Å². The molecule has 9 N–H and O–H groups in total. The summed E-state index contributed by atoms with van der Waals surface area (Å²) in [6.45, 7) is 3.50. The molecule has 0 heterocycles. The fourth-order valence-corrected chi connectivity index (χ4v) is 7.80. The Bertz CT molecular complexity index is 1760. The molecule has 0 spiro atoms. The quantitative estimate of drug-likeness (QED) is 0.105. The molecular weight excluding hydrogens is 592 g/mol. The lowest BCUT2D eigenvalue weighted by molar-refractivity contribution is -0.175. The third-order valence-corrected chi connectivity index (χ3v) is 9.63. The van der Waals surface area contributed by atoms with Crippen molar-refractivity contribution in [3.63, 3.8) is 0 Å². The Kier molecular flexibility index (Phi) is 7.69. The zero-order valence-corrected chi connectivity index (χ0v) is 26.7. The van der Waals surface area contributed by atoms with Gasteiger partial charge in [-0.05, 0) is 44.1 Å². The number of amides is 1. The number of carbonyl (C=O) groups excluding carboxylic acids is 3. The lowest BCUT2D eigenvalue weighted by atomic mass is 9.46. The molecule has 2 aromatic rings. The molecule has 46 heavy (non-hydrogen) atoms. The Morgan fingerprint density at radius 3 is 2.26 bits per heavy atom. The SMILES string of the molecule is CN(C)c1cc(NC(N)=NCc2ccccc2)c(O)c2c1C[C@@]1(C)C[C@@]3(C)[C@H](N(C)C)C(=O)C(C(N)=O)=C(O)[C@@]3(O)C(=O)C1=C2O. The molecule has 3 aliphatic carbocycles. The molecule has 0 bridgehead atoms. The molecular formula is C33H40N6O7. The largest absolute Gasteiger partial charge is 0.508 e. The van der Waals surface area contributed by atoms with Gasteiger partial charge in [0.25, 0.3) is 5.91 Å². The number of likely N-dealkylation sites (N-methyl/N-ethyl adjacent to an activating group) is 1. The van der Waals surface area contributed by atoms with Crippen LogP contribution in [0.25, 0.3) is 5.76 Å². The molecule has 0 radical (unpaired) electrons. The first-order valence-corrected chi connectivity index (χ1v) is 14.7. The van der Waals surface area contributed by atoms with Gasteiger partial charge in [-0.25, -0.2) is 4.99 Å². The predicted octanol–water partition coefficient (Wildman–Crippen LogP) is 1.74. The maximum Gasteiger partial charge on any atom is 0.255 e. The second-order valence-electron chi connectivity index (χ2n) is 13.3. The van der Waals surface area contributed by atoms with Gasteiger partial charge in [-0.15, -0.1) is 0 Å². The van der Waals surface area contributed by atoms with Crippen LogP contribution in [0.2, 0.25) is 0 Å². The maximum absolute atomic E-state index is 14.5. The number of nitrogens with two attached hydrogens (primary N) is 2. The summed E-state index contributed by atoms with van der Waals surface area (Å²) in [5.74, 6) is -5.41. The van der Waals surface area contributed by atoms with Crippen molar-refractivity contribution in [2.45, 2.75) is 44.9 Å². The van der Waals surface area contributed by atoms with E-state index in [1.54, 1.807) is 46.1 Å². The number of aliphatic hydroxyl groups excluding tert-OH is 2. The number of aliphatic imine (C=N–C) groups is 1. The lowest BCUT2D eigenvalue weighted by Gasteiger charge is -2.59. The maximum atomic E-state index is 14.5. The van der Waals surface area contributed by atoms with E-state index in [1.165, 1.54) is 11.8 Å². The number of rotatable bonds is 6. The molecule has 1 saturated carbocycles. The van der Waals surface area contributed by atoms with Gasteiger partial charge in [0.1, 0.15) is 22.8 Å². The van der Waals surface area contributed by atoms with Crippen LogP contribution in [0.5, 0.6) is 5.75 Å². The van der Waals surface area contributed by atoms with E-state index in [9.17, 15) is 34.8 Å². The molecule has 0 aromatic heterocycles. The van der Waals surface area contributed by atoms with Gasteiger partial charge >= 0.3 is 0 Å². The van der Waals surface area contributed by atoms with Gasteiger partial charge in [0.05, 0.1) is 23.8 Å². The lowest BCUT2D eigenvalue weighted by Crippen LogP contribution is -2.72. The standard InChI is InChI=1S/C33H40N6O7/c1-31-13-17-19(38(3)4)12-18(37-30(35)36-14-16-10-8-7-9-11-16)23(40)20(17)24(41)22(31)28(44)33(46)27(43)21(29(34)45)25(42)26(39(5)6)32(33,2)15-31/h7-12,26,40-41,43,46H,13-15H2,1-6H3,(H2,34,45)(H3,35,36,37)/t26-,31+,32+,33-/m1/s1. The van der Waals surface area contributed by atoms with Crippen molar-refractivity contribution in [2.24, 2.45) is 27.3 Å². The Balaban J connectivity index is 1.70. The normalized spacial score (nSPS) is 27.7. The molecule has 5 rings (SSSR count). The van der Waals surface area contributed by atoms with Gasteiger partial charge < -0.3 is 42.1 Å². The number of aliphatic hydroxyl groups is 3. The number of aromatic hydroxyl groups is 1. The Morgan fingerprint density at radius 1 is 1.07 bits per heavy atom. The van der Waals surface area contributed by atoms with E-state index >= 15 is 0 Å². The van der Waals surface area contributed by atoms with Crippen molar-refractivity contribution in [3.05, 3.63) is 70.0 Å². The van der Waals surface area contributed by atoms with Crippen LogP contribution in [-0.4, -0.2) is 88.6 Å². The summed E-state index contributed by atoms with van der Waals surface area (Å²) >= 11 is 0. The molecule has 3 aliphatic rings. The monoisotopic (exact) mass is 632 g/mol. The van der Waals surface area contributed by atoms with Crippen LogP contribution in [0, 0.1) is 10.8 Å². The molecule has 244 valence electrons. The molecule has 0 unspecified atom stereocenters. The number of phenolic OH excluding ortho intramolecular Hbond substituents is 1. The minimum atomic E-state index is -2.80. The molecule has 1 amide bonds. The van der Waals surface area contributed by atoms with Crippen molar-refractivity contribution in [1.29, 1.82) is 0 Å². The van der Waals surface area contributed by atoms with Crippen LogP contribution in [0.3, 0.4) is 0 Å². The Hall–Kier alpha value is -4.88. The predicted molar refractivity (Wildman–Crippen MR) is 173 cm³/mol. The van der Waals surface area contributed by atoms with E-state index in [0.29, 0.717) is 11.3 Å². The van der Waals surface area contributed by atoms with Crippen molar-refractivity contribution in [1.82, 2.24) is 4.90 Å². The van der Waals surface area contributed by atoms with Gasteiger partial charge in [0.15, 0.2) is 17.3 Å². The number of nitrogens with one attached hydrogen (secondary N) is 1. The molecule has 13 nitrogen and oxygen atoms in total. The average molecular weight is 633 g/mol.